The molecule has 3 rings (SSSR count). The summed E-state index contributed by atoms with van der Waals surface area (Å²) in [5.41, 5.74) is 9.58. The molecule has 0 spiro atoms. The second-order valence-corrected chi connectivity index (χ2v) is 12.9. The first kappa shape index (κ1) is 38.8. The molecule has 3 aromatic rings. The van der Waals surface area contributed by atoms with Gasteiger partial charge in [-0.1, -0.05) is 29.8 Å². The fourth-order valence-corrected chi connectivity index (χ4v) is 3.98. The molecule has 0 aliphatic rings. The second-order valence-electron chi connectivity index (χ2n) is 9.63. The Labute approximate surface area is 269 Å². The molecule has 0 aliphatic heterocycles. The predicted molar refractivity (Wildman–Crippen MR) is 172 cm³/mol. The van der Waals surface area contributed by atoms with E-state index in [1.807, 2.05) is 13.0 Å². The minimum absolute atomic E-state index is 0.0352. The van der Waals surface area contributed by atoms with Crippen LogP contribution in [0.3, 0.4) is 0 Å². The monoisotopic (exact) mass is 685 g/mol. The summed E-state index contributed by atoms with van der Waals surface area (Å²) in [7, 11) is -3.10. The van der Waals surface area contributed by atoms with Gasteiger partial charge in [-0.25, -0.2) is 0 Å². The van der Waals surface area contributed by atoms with E-state index in [0.29, 0.717) is 18.2 Å². The molecule has 244 valence electrons. The quantitative estimate of drug-likeness (QED) is 0.0672. The third-order valence-corrected chi connectivity index (χ3v) is 6.75. The number of nitro groups is 1. The minimum Gasteiger partial charge on any atom is -0.480 e. The van der Waals surface area contributed by atoms with Crippen molar-refractivity contribution in [2.75, 3.05) is 35.7 Å². The van der Waals surface area contributed by atoms with Crippen molar-refractivity contribution < 1.29 is 29.0 Å². The maximum atomic E-state index is 10.7. The molecule has 0 saturated heterocycles. The van der Waals surface area contributed by atoms with Crippen molar-refractivity contribution in [3.63, 3.8) is 0 Å². The highest BCUT2D eigenvalue weighted by molar-refractivity contribution is 7.57. The number of rotatable bonds is 11. The number of nitro benzene ring substituents is 1. The maximum Gasteiger partial charge on any atom is 0.320 e. The lowest BCUT2D eigenvalue weighted by atomic mass is 10.1. The van der Waals surface area contributed by atoms with E-state index in [4.69, 9.17) is 54.7 Å². The standard InChI is InChI=1S/C12H9ClN2O3.C9H13ClN6.C5H12NO4P/c13-11-10(18-8-4-2-1-3-5-8)7-6-9(12(11)14)15(16)17;1-4-12-7-13-6(10)14-8(15-7)16-9(2,3)5-11;1-11(9,10)3-2-4(6)5(7)8/h1-7H,14H2;4H2,1-3H3,(H2,12,13,14,15,16);4H,2-3,6H2,1H3,(H,7,8)(H,9,10). The molecule has 1 aromatic heterocycles. The van der Waals surface area contributed by atoms with Crippen molar-refractivity contribution in [1.82, 2.24) is 15.0 Å². The Hall–Kier alpha value is -4.26. The van der Waals surface area contributed by atoms with Crippen molar-refractivity contribution in [3.8, 4) is 17.6 Å². The zero-order valence-electron chi connectivity index (χ0n) is 24.8. The number of carboxylic acid groups (broad SMARTS) is 1. The number of anilines is 3. The lowest BCUT2D eigenvalue weighted by molar-refractivity contribution is -0.383. The smallest absolute Gasteiger partial charge is 0.320 e. The van der Waals surface area contributed by atoms with Crippen LogP contribution >= 0.6 is 30.6 Å². The molecule has 16 nitrogen and oxygen atoms in total. The lowest BCUT2D eigenvalue weighted by Crippen LogP contribution is -2.30. The number of hydrogen-bond donors (Lipinski definition) is 6. The first-order valence-corrected chi connectivity index (χ1v) is 16.0. The van der Waals surface area contributed by atoms with Crippen molar-refractivity contribution in [2.24, 2.45) is 5.73 Å². The topological polar surface area (TPSA) is 266 Å². The van der Waals surface area contributed by atoms with Gasteiger partial charge in [-0.15, -0.1) is 0 Å². The van der Waals surface area contributed by atoms with Gasteiger partial charge in [0.25, 0.3) is 5.69 Å². The number of nitrogens with two attached hydrogens (primary N) is 2. The van der Waals surface area contributed by atoms with E-state index < -0.39 is 29.8 Å². The molecule has 0 fully saturated rings. The van der Waals surface area contributed by atoms with Gasteiger partial charge >= 0.3 is 5.97 Å². The number of ether oxygens (including phenoxy) is 1. The van der Waals surface area contributed by atoms with Gasteiger partial charge in [-0.05, 0) is 57.0 Å². The molecule has 45 heavy (non-hydrogen) atoms. The summed E-state index contributed by atoms with van der Waals surface area (Å²) in [5, 5.41) is 33.7. The van der Waals surface area contributed by atoms with E-state index in [0.717, 1.165) is 0 Å². The van der Waals surface area contributed by atoms with Gasteiger partial charge in [0.05, 0.1) is 11.0 Å². The van der Waals surface area contributed by atoms with Crippen LogP contribution in [-0.2, 0) is 9.36 Å². The highest BCUT2D eigenvalue weighted by Gasteiger charge is 2.20. The number of carbonyl (C=O) groups is 1. The number of nitrogens with one attached hydrogen (secondary N) is 2. The van der Waals surface area contributed by atoms with Gasteiger partial charge < -0.3 is 36.8 Å². The van der Waals surface area contributed by atoms with Crippen LogP contribution < -0.4 is 26.8 Å². The molecular formula is C26H34Cl2N9O7P. The number of para-hydroxylation sites is 1. The number of nitrogens with zero attached hydrogens (tertiary/aromatic N) is 5. The number of nitrogen functional groups attached to an aromatic ring is 1. The molecule has 0 bridgehead atoms. The van der Waals surface area contributed by atoms with Gasteiger partial charge in [-0.2, -0.15) is 20.2 Å². The molecule has 0 saturated carbocycles. The van der Waals surface area contributed by atoms with Crippen LogP contribution in [0.5, 0.6) is 11.5 Å². The maximum absolute atomic E-state index is 10.7. The number of aromatic nitrogens is 3. The summed E-state index contributed by atoms with van der Waals surface area (Å²) in [6.45, 7) is 7.22. The van der Waals surface area contributed by atoms with Gasteiger partial charge in [0.15, 0.2) is 7.37 Å². The Bertz CT molecular complexity index is 1540. The zero-order chi connectivity index (χ0) is 34.4. The Morgan fingerprint density at radius 3 is 2.31 bits per heavy atom. The average Bonchev–Trinajstić information content (AvgIpc) is 2.94. The van der Waals surface area contributed by atoms with Crippen molar-refractivity contribution in [3.05, 3.63) is 62.9 Å². The van der Waals surface area contributed by atoms with Gasteiger partial charge in [0.2, 0.25) is 17.2 Å². The zero-order valence-corrected chi connectivity index (χ0v) is 27.2. The molecule has 19 heteroatoms. The van der Waals surface area contributed by atoms with Crippen LogP contribution in [0.25, 0.3) is 0 Å². The summed E-state index contributed by atoms with van der Waals surface area (Å²) in [6, 6.07) is 12.7. The SMILES string of the molecule is CCNc1nc(Cl)nc(NC(C)(C)C#N)n1.CP(=O)(O)CCC(N)C(=O)O.Nc1c([N+](=O)[O-])ccc(Oc2ccccc2)c1Cl. The summed E-state index contributed by atoms with van der Waals surface area (Å²) >= 11 is 11.7. The van der Waals surface area contributed by atoms with Crippen LogP contribution in [0.2, 0.25) is 10.3 Å². The molecule has 1 heterocycles. The average molecular weight is 686 g/mol. The molecule has 2 aromatic carbocycles. The molecule has 0 aliphatic carbocycles. The number of aliphatic carboxylic acids is 1. The second kappa shape index (κ2) is 17.9. The van der Waals surface area contributed by atoms with Crippen molar-refractivity contribution in [2.45, 2.75) is 38.8 Å². The lowest BCUT2D eigenvalue weighted by Gasteiger charge is -2.17. The van der Waals surface area contributed by atoms with Crippen LogP contribution in [0.1, 0.15) is 27.2 Å². The molecule has 8 N–H and O–H groups in total. The minimum atomic E-state index is -3.10. The first-order valence-electron chi connectivity index (χ1n) is 13.0. The summed E-state index contributed by atoms with van der Waals surface area (Å²) in [5.74, 6) is 0.387. The van der Waals surface area contributed by atoms with Crippen LogP contribution in [0, 0.1) is 21.4 Å². The van der Waals surface area contributed by atoms with Crippen molar-refractivity contribution >= 4 is 59.8 Å². The largest absolute Gasteiger partial charge is 0.480 e. The van der Waals surface area contributed by atoms with E-state index in [2.05, 4.69) is 31.7 Å². The molecule has 2 unspecified atom stereocenters. The molecule has 0 radical (unpaired) electrons. The fourth-order valence-electron chi connectivity index (χ4n) is 2.87. The Kier molecular flexibility index (Phi) is 15.4. The third kappa shape index (κ3) is 14.8. The Balaban J connectivity index is 0.000000349. The normalized spacial score (nSPS) is 12.4. The number of carboxylic acids is 1. The third-order valence-electron chi connectivity index (χ3n) is 5.11. The van der Waals surface area contributed by atoms with Crippen molar-refractivity contribution in [1.29, 1.82) is 5.26 Å². The van der Waals surface area contributed by atoms with Crippen LogP contribution in [0.15, 0.2) is 42.5 Å². The Morgan fingerprint density at radius 2 is 1.80 bits per heavy atom. The molecular weight excluding hydrogens is 652 g/mol. The highest BCUT2D eigenvalue weighted by atomic mass is 35.5. The van der Waals surface area contributed by atoms with Crippen LogP contribution in [-0.4, -0.2) is 66.8 Å². The first-order chi connectivity index (χ1) is 20.9. The van der Waals surface area contributed by atoms with E-state index in [9.17, 15) is 19.5 Å². The summed E-state index contributed by atoms with van der Waals surface area (Å²) in [6.07, 6.45) is 0.0000772. The number of hydrogen-bond acceptors (Lipinski definition) is 13. The summed E-state index contributed by atoms with van der Waals surface area (Å²) < 4.78 is 16.1. The van der Waals surface area contributed by atoms with E-state index >= 15 is 0 Å². The Morgan fingerprint density at radius 1 is 1.20 bits per heavy atom. The van der Waals surface area contributed by atoms with Crippen LogP contribution in [0.4, 0.5) is 23.3 Å². The molecule has 0 amide bonds. The van der Waals surface area contributed by atoms with E-state index in [1.54, 1.807) is 38.1 Å². The highest BCUT2D eigenvalue weighted by Crippen LogP contribution is 2.39. The predicted octanol–water partition coefficient (Wildman–Crippen LogP) is 4.98. The van der Waals surface area contributed by atoms with E-state index in [1.165, 1.54) is 18.8 Å². The number of benzene rings is 2. The fraction of sp³-hybridized carbons (Fsp3) is 0.346. The number of nitriles is 1. The molecule has 2 atom stereocenters. The summed E-state index contributed by atoms with van der Waals surface area (Å²) in [4.78, 5) is 40.8. The van der Waals surface area contributed by atoms with E-state index in [-0.39, 0.29) is 46.0 Å². The van der Waals surface area contributed by atoms with Gasteiger partial charge in [0, 0.05) is 25.4 Å². The van der Waals surface area contributed by atoms with Gasteiger partial charge in [-0.3, -0.25) is 19.5 Å². The van der Waals surface area contributed by atoms with Gasteiger partial charge in [0.1, 0.15) is 33.8 Å². The number of halogens is 2.